The summed E-state index contributed by atoms with van der Waals surface area (Å²) in [5.41, 5.74) is -2.12. The predicted octanol–water partition coefficient (Wildman–Crippen LogP) is 8.08. The number of halogens is 3. The van der Waals surface area contributed by atoms with Crippen molar-refractivity contribution in [2.45, 2.75) is 40.0 Å². The summed E-state index contributed by atoms with van der Waals surface area (Å²) in [6.45, 7) is -7.74. The average molecular weight is 486 g/mol. The molecule has 0 atom stereocenters. The summed E-state index contributed by atoms with van der Waals surface area (Å²) >= 11 is 0. The van der Waals surface area contributed by atoms with Crippen molar-refractivity contribution in [1.82, 2.24) is 0 Å². The fourth-order valence-electron chi connectivity index (χ4n) is 4.48. The van der Waals surface area contributed by atoms with Gasteiger partial charge >= 0.3 is 6.18 Å². The summed E-state index contributed by atoms with van der Waals surface area (Å²) in [4.78, 5) is 0. The van der Waals surface area contributed by atoms with Gasteiger partial charge in [-0.05, 0) is 66.9 Å². The largest absolute Gasteiger partial charge is 0.455 e. The van der Waals surface area contributed by atoms with E-state index in [0.717, 1.165) is 10.8 Å². The smallest absolute Gasteiger partial charge is 0.393 e. The van der Waals surface area contributed by atoms with E-state index in [1.54, 1.807) is 26.1 Å². The second kappa shape index (κ2) is 8.26. The van der Waals surface area contributed by atoms with Crippen molar-refractivity contribution in [3.05, 3.63) is 88.6 Å². The quantitative estimate of drug-likeness (QED) is 0.236. The van der Waals surface area contributed by atoms with E-state index < -0.39 is 60.9 Å². The first-order valence-electron chi connectivity index (χ1n) is 16.2. The van der Waals surface area contributed by atoms with Crippen molar-refractivity contribution >= 4 is 21.9 Å². The number of pyridine rings is 1. The number of fused-ring (bicyclic) bond motifs is 3. The lowest BCUT2D eigenvalue weighted by Crippen LogP contribution is -2.31. The highest BCUT2D eigenvalue weighted by Crippen LogP contribution is 2.39. The van der Waals surface area contributed by atoms with Crippen LogP contribution in [-0.4, -0.2) is 6.18 Å². The third-order valence-corrected chi connectivity index (χ3v) is 5.98. The van der Waals surface area contributed by atoms with Crippen molar-refractivity contribution < 1.29 is 37.2 Å². The minimum Gasteiger partial charge on any atom is -0.455 e. The molecular formula is C30H27F3NO+. The molecule has 178 valence electrons. The molecule has 0 N–H and O–H groups in total. The van der Waals surface area contributed by atoms with Crippen LogP contribution < -0.4 is 4.57 Å². The monoisotopic (exact) mass is 485 g/mol. The summed E-state index contributed by atoms with van der Waals surface area (Å²) in [6, 6.07) is 13.1. The Hall–Kier alpha value is -3.60. The maximum absolute atomic E-state index is 13.8. The molecule has 0 saturated heterocycles. The van der Waals surface area contributed by atoms with Crippen LogP contribution in [0, 0.1) is 27.5 Å². The SMILES string of the molecule is [2H]C([2H])([2H])c1c[n+](C)c(-c2c(C)ccc3c2oc2ccccc23)cc1-c1c(C([2H])([2H])[2H])cc(C([2H])([2H])C(F)(F)F)cc1C([2H])([2H])[2H]. The van der Waals surface area contributed by atoms with E-state index >= 15 is 0 Å². The molecule has 5 rings (SSSR count). The number of aryl methyl sites for hydroxylation is 5. The lowest BCUT2D eigenvalue weighted by atomic mass is 9.89. The fraction of sp³-hybridized carbons (Fsp3) is 0.233. The van der Waals surface area contributed by atoms with E-state index in [4.69, 9.17) is 19.5 Å². The first-order chi connectivity index (χ1) is 20.9. The molecule has 0 fully saturated rings. The molecule has 2 heterocycles. The molecule has 5 aromatic rings. The minimum absolute atomic E-state index is 0.299. The molecule has 3 aromatic carbocycles. The topological polar surface area (TPSA) is 17.0 Å². The van der Waals surface area contributed by atoms with Crippen molar-refractivity contribution in [3.63, 3.8) is 0 Å². The molecule has 0 bridgehead atoms. The Balaban J connectivity index is 1.97. The number of nitrogens with zero attached hydrogens (tertiary/aromatic N) is 1. The standard InChI is InChI=1S/C30H27F3NO/c1-17-10-11-23-22-8-6-7-9-26(22)35-29(23)28(17)25-14-24(20(4)16-34(25)5)27-18(2)12-21(13-19(27)3)15-30(31,32)33/h6-14,16H,15H2,1-5H3/q+1/i2D3,3D3,4D3,15D2. The molecule has 2 aromatic heterocycles. The van der Waals surface area contributed by atoms with Gasteiger partial charge in [-0.2, -0.15) is 13.2 Å². The minimum atomic E-state index is -5.52. The van der Waals surface area contributed by atoms with Gasteiger partial charge in [-0.1, -0.05) is 42.5 Å². The van der Waals surface area contributed by atoms with Gasteiger partial charge in [0.1, 0.15) is 18.2 Å². The van der Waals surface area contributed by atoms with Crippen LogP contribution in [-0.2, 0) is 13.4 Å². The zero-order chi connectivity index (χ0) is 34.4. The summed E-state index contributed by atoms with van der Waals surface area (Å²) in [7, 11) is 1.55. The van der Waals surface area contributed by atoms with Gasteiger partial charge in [0.2, 0.25) is 5.69 Å². The number of hydrogen-bond donors (Lipinski definition) is 0. The van der Waals surface area contributed by atoms with Gasteiger partial charge < -0.3 is 4.42 Å². The Labute approximate surface area is 218 Å². The number of benzene rings is 3. The van der Waals surface area contributed by atoms with E-state index in [0.29, 0.717) is 40.1 Å². The van der Waals surface area contributed by atoms with Gasteiger partial charge in [0.25, 0.3) is 0 Å². The predicted molar refractivity (Wildman–Crippen MR) is 134 cm³/mol. The molecule has 0 spiro atoms. The lowest BCUT2D eigenvalue weighted by molar-refractivity contribution is -0.660. The van der Waals surface area contributed by atoms with Crippen LogP contribution in [0.3, 0.4) is 0 Å². The van der Waals surface area contributed by atoms with Crippen LogP contribution in [0.15, 0.2) is 65.2 Å². The number of furan rings is 1. The average Bonchev–Trinajstić information content (AvgIpc) is 3.29. The molecule has 0 aliphatic heterocycles. The second-order valence-corrected chi connectivity index (χ2v) is 8.40. The Morgan fingerprint density at radius 1 is 0.886 bits per heavy atom. The Morgan fingerprint density at radius 2 is 1.60 bits per heavy atom. The van der Waals surface area contributed by atoms with Gasteiger partial charge in [-0.15, -0.1) is 0 Å². The van der Waals surface area contributed by atoms with E-state index in [-0.39, 0.29) is 5.56 Å². The zero-order valence-electron chi connectivity index (χ0n) is 29.8. The van der Waals surface area contributed by atoms with Gasteiger partial charge in [-0.3, -0.25) is 0 Å². The van der Waals surface area contributed by atoms with E-state index in [2.05, 4.69) is 0 Å². The molecule has 0 saturated carbocycles. The molecule has 0 unspecified atom stereocenters. The van der Waals surface area contributed by atoms with Gasteiger partial charge in [0.05, 0.1) is 11.9 Å². The van der Waals surface area contributed by atoms with Crippen molar-refractivity contribution in [1.29, 1.82) is 0 Å². The Morgan fingerprint density at radius 3 is 2.29 bits per heavy atom. The molecule has 0 radical (unpaired) electrons. The molecule has 0 aliphatic rings. The number of aromatic nitrogens is 1. The van der Waals surface area contributed by atoms with Crippen molar-refractivity contribution in [3.8, 4) is 22.4 Å². The van der Waals surface area contributed by atoms with Crippen molar-refractivity contribution in [2.75, 3.05) is 0 Å². The van der Waals surface area contributed by atoms with E-state index in [1.807, 2.05) is 24.3 Å². The van der Waals surface area contributed by atoms with Crippen LogP contribution in [0.1, 0.15) is 42.9 Å². The van der Waals surface area contributed by atoms with Crippen LogP contribution in [0.25, 0.3) is 44.3 Å². The maximum atomic E-state index is 13.8. The summed E-state index contributed by atoms with van der Waals surface area (Å²) < 4.78 is 139. The summed E-state index contributed by atoms with van der Waals surface area (Å²) in [5, 5.41) is 1.52. The van der Waals surface area contributed by atoms with Crippen LogP contribution in [0.5, 0.6) is 0 Å². The molecule has 35 heavy (non-hydrogen) atoms. The summed E-state index contributed by atoms with van der Waals surface area (Å²) in [5.74, 6) is 0. The number of para-hydroxylation sites is 1. The molecular weight excluding hydrogens is 447 g/mol. The maximum Gasteiger partial charge on any atom is 0.393 e. The number of alkyl halides is 3. The molecule has 2 nitrogen and oxygen atoms in total. The van der Waals surface area contributed by atoms with E-state index in [1.165, 1.54) is 16.8 Å². The van der Waals surface area contributed by atoms with Crippen LogP contribution in [0.4, 0.5) is 13.2 Å². The highest BCUT2D eigenvalue weighted by molar-refractivity contribution is 6.09. The highest BCUT2D eigenvalue weighted by atomic mass is 19.4. The van der Waals surface area contributed by atoms with Crippen molar-refractivity contribution in [2.24, 2.45) is 7.05 Å². The Kier molecular flexibility index (Phi) is 3.18. The summed E-state index contributed by atoms with van der Waals surface area (Å²) in [6.07, 6.45) is -8.44. The highest BCUT2D eigenvalue weighted by Gasteiger charge is 2.29. The van der Waals surface area contributed by atoms with E-state index in [9.17, 15) is 13.2 Å². The van der Waals surface area contributed by atoms with Crippen LogP contribution in [0.2, 0.25) is 0 Å². The second-order valence-electron chi connectivity index (χ2n) is 8.40. The molecule has 0 aliphatic carbocycles. The normalized spacial score (nSPS) is 18.3. The fourth-order valence-corrected chi connectivity index (χ4v) is 4.48. The first kappa shape index (κ1) is 13.5. The zero-order valence-corrected chi connectivity index (χ0v) is 18.8. The number of hydrogen-bond acceptors (Lipinski definition) is 1. The third kappa shape index (κ3) is 4.09. The van der Waals surface area contributed by atoms with Gasteiger partial charge in [-0.25, -0.2) is 4.57 Å². The first-order valence-corrected chi connectivity index (χ1v) is 10.7. The third-order valence-electron chi connectivity index (χ3n) is 5.98. The van der Waals surface area contributed by atoms with Crippen LogP contribution >= 0.6 is 0 Å². The lowest BCUT2D eigenvalue weighted by Gasteiger charge is -2.16. The molecule has 0 amide bonds. The van der Waals surface area contributed by atoms with Gasteiger partial charge in [0, 0.05) is 37.5 Å². The van der Waals surface area contributed by atoms with Gasteiger partial charge in [0.15, 0.2) is 6.20 Å². The molecule has 5 heteroatoms. The Bertz CT molecular complexity index is 1970. The number of rotatable bonds is 3.